The highest BCUT2D eigenvalue weighted by molar-refractivity contribution is 5.60. The molecule has 0 N–H and O–H groups in total. The van der Waals surface area contributed by atoms with Gasteiger partial charge in [-0.3, -0.25) is 0 Å². The van der Waals surface area contributed by atoms with Crippen LogP contribution in [0.5, 0.6) is 0 Å². The van der Waals surface area contributed by atoms with E-state index in [4.69, 9.17) is 9.47 Å². The lowest BCUT2D eigenvalue weighted by molar-refractivity contribution is -0.00483. The van der Waals surface area contributed by atoms with Gasteiger partial charge in [0.25, 0.3) is 0 Å². The van der Waals surface area contributed by atoms with Crippen LogP contribution in [-0.4, -0.2) is 18.4 Å². The minimum absolute atomic E-state index is 0.0631. The van der Waals surface area contributed by atoms with Crippen LogP contribution in [0.15, 0.2) is 0 Å². The summed E-state index contributed by atoms with van der Waals surface area (Å²) in [7, 11) is 0. The Morgan fingerprint density at radius 1 is 1.15 bits per heavy atom. The zero-order chi connectivity index (χ0) is 10.4. The van der Waals surface area contributed by atoms with Crippen LogP contribution >= 0.6 is 0 Å². The van der Waals surface area contributed by atoms with Crippen LogP contribution in [0.4, 0.5) is 4.79 Å². The maximum Gasteiger partial charge on any atom is 0.508 e. The normalized spacial score (nSPS) is 15.2. The van der Waals surface area contributed by atoms with E-state index in [2.05, 4.69) is 0 Å². The van der Waals surface area contributed by atoms with Crippen molar-refractivity contribution in [1.29, 1.82) is 0 Å². The van der Waals surface area contributed by atoms with E-state index in [-0.39, 0.29) is 12.2 Å². The molecule has 0 aromatic rings. The summed E-state index contributed by atoms with van der Waals surface area (Å²) in [5.74, 6) is 0.324. The molecule has 13 heavy (non-hydrogen) atoms. The van der Waals surface area contributed by atoms with Crippen LogP contribution in [0.2, 0.25) is 0 Å². The molecule has 2 atom stereocenters. The molecule has 0 saturated carbocycles. The number of ether oxygens (including phenoxy) is 2. The van der Waals surface area contributed by atoms with Gasteiger partial charge in [-0.05, 0) is 26.2 Å². The minimum Gasteiger partial charge on any atom is -0.431 e. The summed E-state index contributed by atoms with van der Waals surface area (Å²) in [4.78, 5) is 11.1. The lowest BCUT2D eigenvalue weighted by Crippen LogP contribution is -2.23. The summed E-state index contributed by atoms with van der Waals surface area (Å²) in [6, 6.07) is 0. The van der Waals surface area contributed by atoms with Crippen LogP contribution < -0.4 is 0 Å². The van der Waals surface area contributed by atoms with E-state index < -0.39 is 6.16 Å². The van der Waals surface area contributed by atoms with E-state index in [1.807, 2.05) is 34.6 Å². The molecule has 2 unspecified atom stereocenters. The van der Waals surface area contributed by atoms with Gasteiger partial charge in [0.2, 0.25) is 0 Å². The van der Waals surface area contributed by atoms with Gasteiger partial charge in [-0.25, -0.2) is 4.79 Å². The van der Waals surface area contributed by atoms with Crippen LogP contribution in [0.25, 0.3) is 0 Å². The maximum absolute atomic E-state index is 11.1. The van der Waals surface area contributed by atoms with Crippen LogP contribution in [-0.2, 0) is 9.47 Å². The molecule has 0 radical (unpaired) electrons. The second-order valence-corrected chi connectivity index (χ2v) is 3.65. The fourth-order valence-corrected chi connectivity index (χ4v) is 0.563. The van der Waals surface area contributed by atoms with Gasteiger partial charge < -0.3 is 9.47 Å². The Kier molecular flexibility index (Phi) is 5.51. The first-order chi connectivity index (χ1) is 5.97. The molecule has 0 aromatic heterocycles. The molecule has 0 aliphatic rings. The van der Waals surface area contributed by atoms with Gasteiger partial charge >= 0.3 is 6.16 Å². The molecule has 0 aromatic carbocycles. The highest BCUT2D eigenvalue weighted by Gasteiger charge is 2.15. The Balaban J connectivity index is 3.74. The highest BCUT2D eigenvalue weighted by atomic mass is 16.7. The monoisotopic (exact) mass is 188 g/mol. The van der Waals surface area contributed by atoms with Crippen molar-refractivity contribution in [3.63, 3.8) is 0 Å². The van der Waals surface area contributed by atoms with Gasteiger partial charge in [0.1, 0.15) is 12.2 Å². The molecule has 0 heterocycles. The fourth-order valence-electron chi connectivity index (χ4n) is 0.563. The number of hydrogen-bond acceptors (Lipinski definition) is 3. The van der Waals surface area contributed by atoms with Crippen molar-refractivity contribution in [2.45, 2.75) is 53.2 Å². The third-order valence-electron chi connectivity index (χ3n) is 2.09. The molecule has 78 valence electrons. The molecule has 0 aliphatic heterocycles. The summed E-state index contributed by atoms with van der Waals surface area (Å²) in [6.45, 7) is 9.68. The number of carbonyl (C=O) groups excluding carboxylic acids is 1. The number of carbonyl (C=O) groups is 1. The van der Waals surface area contributed by atoms with E-state index >= 15 is 0 Å². The molecule has 3 nitrogen and oxygen atoms in total. The van der Waals surface area contributed by atoms with Crippen molar-refractivity contribution >= 4 is 6.16 Å². The summed E-state index contributed by atoms with van der Waals surface area (Å²) in [5, 5.41) is 0. The van der Waals surface area contributed by atoms with Crippen molar-refractivity contribution in [1.82, 2.24) is 0 Å². The van der Waals surface area contributed by atoms with Crippen molar-refractivity contribution in [3.8, 4) is 0 Å². The molecule has 0 spiro atoms. The Hall–Kier alpha value is -0.730. The molecule has 3 heteroatoms. The minimum atomic E-state index is -0.560. The van der Waals surface area contributed by atoms with Crippen molar-refractivity contribution in [2.75, 3.05) is 0 Å². The molecule has 0 bridgehead atoms. The summed E-state index contributed by atoms with van der Waals surface area (Å²) < 4.78 is 9.98. The van der Waals surface area contributed by atoms with Gasteiger partial charge in [0.05, 0.1) is 0 Å². The lowest BCUT2D eigenvalue weighted by Gasteiger charge is -2.17. The van der Waals surface area contributed by atoms with Gasteiger partial charge in [0.15, 0.2) is 0 Å². The third-order valence-corrected chi connectivity index (χ3v) is 2.09. The SMILES string of the molecule is CCC(C)OC(=O)OC(C)C(C)C. The van der Waals surface area contributed by atoms with E-state index in [0.717, 1.165) is 6.42 Å². The second kappa shape index (κ2) is 5.84. The van der Waals surface area contributed by atoms with E-state index in [9.17, 15) is 4.79 Å². The van der Waals surface area contributed by atoms with E-state index in [0.29, 0.717) is 5.92 Å². The molecular weight excluding hydrogens is 168 g/mol. The van der Waals surface area contributed by atoms with Crippen molar-refractivity contribution in [2.24, 2.45) is 5.92 Å². The molecular formula is C10H20O3. The highest BCUT2D eigenvalue weighted by Crippen LogP contribution is 2.07. The third kappa shape index (κ3) is 5.50. The molecule has 0 aliphatic carbocycles. The van der Waals surface area contributed by atoms with Gasteiger partial charge in [-0.2, -0.15) is 0 Å². The Bertz CT molecular complexity index is 154. The molecule has 0 rings (SSSR count). The number of rotatable bonds is 4. The predicted octanol–water partition coefficient (Wildman–Crippen LogP) is 2.98. The Morgan fingerprint density at radius 3 is 2.08 bits per heavy atom. The predicted molar refractivity (Wildman–Crippen MR) is 51.6 cm³/mol. The summed E-state index contributed by atoms with van der Waals surface area (Å²) in [6.07, 6.45) is 0.101. The Morgan fingerprint density at radius 2 is 1.69 bits per heavy atom. The van der Waals surface area contributed by atoms with Crippen LogP contribution in [0, 0.1) is 5.92 Å². The summed E-state index contributed by atoms with van der Waals surface area (Å²) in [5.41, 5.74) is 0. The average Bonchev–Trinajstić information content (AvgIpc) is 2.03. The smallest absolute Gasteiger partial charge is 0.431 e. The van der Waals surface area contributed by atoms with Gasteiger partial charge in [0, 0.05) is 0 Å². The maximum atomic E-state index is 11.1. The quantitative estimate of drug-likeness (QED) is 0.636. The van der Waals surface area contributed by atoms with E-state index in [1.54, 1.807) is 0 Å². The zero-order valence-electron chi connectivity index (χ0n) is 9.16. The standard InChI is InChI=1S/C10H20O3/c1-6-8(4)12-10(11)13-9(5)7(2)3/h7-9H,6H2,1-5H3. The Labute approximate surface area is 80.4 Å². The van der Waals surface area contributed by atoms with Crippen LogP contribution in [0.3, 0.4) is 0 Å². The molecule has 0 saturated heterocycles. The first kappa shape index (κ1) is 12.3. The second-order valence-electron chi connectivity index (χ2n) is 3.65. The molecule has 0 amide bonds. The number of hydrogen-bond donors (Lipinski definition) is 0. The van der Waals surface area contributed by atoms with Gasteiger partial charge in [-0.1, -0.05) is 20.8 Å². The van der Waals surface area contributed by atoms with Crippen molar-refractivity contribution < 1.29 is 14.3 Å². The zero-order valence-corrected chi connectivity index (χ0v) is 9.16. The lowest BCUT2D eigenvalue weighted by atomic mass is 10.1. The first-order valence-corrected chi connectivity index (χ1v) is 4.84. The summed E-state index contributed by atoms with van der Waals surface area (Å²) >= 11 is 0. The van der Waals surface area contributed by atoms with Gasteiger partial charge in [-0.15, -0.1) is 0 Å². The average molecular weight is 188 g/mol. The van der Waals surface area contributed by atoms with Crippen molar-refractivity contribution in [3.05, 3.63) is 0 Å². The topological polar surface area (TPSA) is 35.5 Å². The van der Waals surface area contributed by atoms with Crippen LogP contribution in [0.1, 0.15) is 41.0 Å². The van der Waals surface area contributed by atoms with E-state index in [1.165, 1.54) is 0 Å². The first-order valence-electron chi connectivity index (χ1n) is 4.84. The fraction of sp³-hybridized carbons (Fsp3) is 0.900. The largest absolute Gasteiger partial charge is 0.508 e. The molecule has 0 fully saturated rings.